The zero-order chi connectivity index (χ0) is 21.7. The highest BCUT2D eigenvalue weighted by Gasteiger charge is 2.28. The number of hydrogen-bond acceptors (Lipinski definition) is 2. The maximum absolute atomic E-state index is 13.4. The second kappa shape index (κ2) is 10.3. The van der Waals surface area contributed by atoms with Gasteiger partial charge in [0.2, 0.25) is 11.8 Å². The van der Waals surface area contributed by atoms with Crippen molar-refractivity contribution in [1.82, 2.24) is 10.2 Å². The van der Waals surface area contributed by atoms with Gasteiger partial charge in [-0.05, 0) is 62.4 Å². The molecule has 1 aliphatic carbocycles. The fraction of sp³-hybridized carbons (Fsp3) is 0.440. The van der Waals surface area contributed by atoms with Crippen molar-refractivity contribution in [3.05, 3.63) is 69.2 Å². The highest BCUT2D eigenvalue weighted by molar-refractivity contribution is 9.10. The van der Waals surface area contributed by atoms with Crippen LogP contribution in [0.4, 0.5) is 0 Å². The van der Waals surface area contributed by atoms with Crippen LogP contribution < -0.4 is 5.32 Å². The molecule has 160 valence electrons. The Morgan fingerprint density at radius 2 is 1.87 bits per heavy atom. The molecule has 30 heavy (non-hydrogen) atoms. The topological polar surface area (TPSA) is 49.4 Å². The highest BCUT2D eigenvalue weighted by Crippen LogP contribution is 2.20. The summed E-state index contributed by atoms with van der Waals surface area (Å²) in [6.07, 6.45) is 4.67. The number of aryl methyl sites for hydroxylation is 2. The first-order valence-electron chi connectivity index (χ1n) is 10.7. The molecular weight excluding hydrogens is 440 g/mol. The smallest absolute Gasteiger partial charge is 0.242 e. The van der Waals surface area contributed by atoms with Crippen LogP contribution in [0.3, 0.4) is 0 Å². The zero-order valence-electron chi connectivity index (χ0n) is 18.1. The van der Waals surface area contributed by atoms with E-state index in [0.717, 1.165) is 52.4 Å². The lowest BCUT2D eigenvalue weighted by atomic mass is 10.0. The number of amides is 2. The first-order valence-corrected chi connectivity index (χ1v) is 11.5. The molecule has 2 amide bonds. The van der Waals surface area contributed by atoms with E-state index in [4.69, 9.17) is 0 Å². The van der Waals surface area contributed by atoms with Crippen LogP contribution in [0.2, 0.25) is 0 Å². The van der Waals surface area contributed by atoms with Crippen LogP contribution >= 0.6 is 15.9 Å². The van der Waals surface area contributed by atoms with Crippen molar-refractivity contribution >= 4 is 27.7 Å². The average Bonchev–Trinajstić information content (AvgIpc) is 3.21. The molecule has 0 heterocycles. The van der Waals surface area contributed by atoms with Gasteiger partial charge in [-0.3, -0.25) is 9.59 Å². The average molecular weight is 471 g/mol. The summed E-state index contributed by atoms with van der Waals surface area (Å²) in [5.41, 5.74) is 4.25. The summed E-state index contributed by atoms with van der Waals surface area (Å²) in [5.74, 6) is -0.0936. The molecule has 0 bridgehead atoms. The lowest BCUT2D eigenvalue weighted by Gasteiger charge is -2.30. The molecule has 1 N–H and O–H groups in total. The molecule has 0 radical (unpaired) electrons. The van der Waals surface area contributed by atoms with E-state index in [0.29, 0.717) is 13.0 Å². The van der Waals surface area contributed by atoms with Crippen molar-refractivity contribution in [2.75, 3.05) is 0 Å². The second-order valence-electron chi connectivity index (χ2n) is 8.42. The minimum absolute atomic E-state index is 0.0299. The Morgan fingerprint density at radius 1 is 1.13 bits per heavy atom. The van der Waals surface area contributed by atoms with E-state index in [2.05, 4.69) is 33.4 Å². The number of nitrogens with zero attached hydrogens (tertiary/aromatic N) is 1. The van der Waals surface area contributed by atoms with E-state index in [1.54, 1.807) is 4.90 Å². The Labute approximate surface area is 188 Å². The SMILES string of the molecule is Cc1ccc(C)c(CC(=O)N(Cc2cccc(Br)c2)[C@H](C)C(=O)NC2CCCC2)c1. The Morgan fingerprint density at radius 3 is 2.57 bits per heavy atom. The Kier molecular flexibility index (Phi) is 7.70. The van der Waals surface area contributed by atoms with Crippen molar-refractivity contribution in [1.29, 1.82) is 0 Å². The fourth-order valence-corrected chi connectivity index (χ4v) is 4.51. The van der Waals surface area contributed by atoms with E-state index < -0.39 is 6.04 Å². The van der Waals surface area contributed by atoms with Gasteiger partial charge in [-0.15, -0.1) is 0 Å². The Hall–Kier alpha value is -2.14. The molecule has 0 unspecified atom stereocenters. The number of carbonyl (C=O) groups excluding carboxylic acids is 2. The van der Waals surface area contributed by atoms with E-state index in [1.165, 1.54) is 0 Å². The van der Waals surface area contributed by atoms with Gasteiger partial charge in [0.05, 0.1) is 6.42 Å². The highest BCUT2D eigenvalue weighted by atomic mass is 79.9. The quantitative estimate of drug-likeness (QED) is 0.612. The summed E-state index contributed by atoms with van der Waals surface area (Å²) < 4.78 is 0.963. The maximum atomic E-state index is 13.4. The van der Waals surface area contributed by atoms with Gasteiger partial charge >= 0.3 is 0 Å². The van der Waals surface area contributed by atoms with Crippen LogP contribution in [-0.2, 0) is 22.6 Å². The second-order valence-corrected chi connectivity index (χ2v) is 9.34. The van der Waals surface area contributed by atoms with E-state index >= 15 is 0 Å². The summed E-state index contributed by atoms with van der Waals surface area (Å²) in [6.45, 7) is 6.30. The van der Waals surface area contributed by atoms with Gasteiger partial charge in [0.15, 0.2) is 0 Å². The lowest BCUT2D eigenvalue weighted by molar-refractivity contribution is -0.140. The van der Waals surface area contributed by atoms with E-state index in [9.17, 15) is 9.59 Å². The van der Waals surface area contributed by atoms with Crippen LogP contribution in [0.1, 0.15) is 54.9 Å². The largest absolute Gasteiger partial charge is 0.352 e. The predicted octanol–water partition coefficient (Wildman–Crippen LogP) is 5.08. The monoisotopic (exact) mass is 470 g/mol. The van der Waals surface area contributed by atoms with Crippen LogP contribution in [0.25, 0.3) is 0 Å². The summed E-state index contributed by atoms with van der Waals surface area (Å²) in [5, 5.41) is 3.15. The third-order valence-electron chi connectivity index (χ3n) is 5.96. The van der Waals surface area contributed by atoms with Gasteiger partial charge < -0.3 is 10.2 Å². The number of nitrogens with one attached hydrogen (secondary N) is 1. The van der Waals surface area contributed by atoms with Gasteiger partial charge in [-0.25, -0.2) is 0 Å². The molecule has 1 atom stereocenters. The molecule has 4 nitrogen and oxygen atoms in total. The van der Waals surface area contributed by atoms with Crippen LogP contribution in [0, 0.1) is 13.8 Å². The number of carbonyl (C=O) groups is 2. The molecule has 0 saturated heterocycles. The number of benzene rings is 2. The molecule has 1 fully saturated rings. The molecule has 3 rings (SSSR count). The van der Waals surface area contributed by atoms with Gasteiger partial charge in [-0.2, -0.15) is 0 Å². The van der Waals surface area contributed by atoms with Gasteiger partial charge in [0.1, 0.15) is 6.04 Å². The summed E-state index contributed by atoms with van der Waals surface area (Å²) in [4.78, 5) is 28.1. The maximum Gasteiger partial charge on any atom is 0.242 e. The summed E-state index contributed by atoms with van der Waals surface area (Å²) in [7, 11) is 0. The first kappa shape index (κ1) is 22.5. The normalized spacial score (nSPS) is 15.1. The van der Waals surface area contributed by atoms with E-state index in [-0.39, 0.29) is 17.9 Å². The van der Waals surface area contributed by atoms with E-state index in [1.807, 2.05) is 51.1 Å². The van der Waals surface area contributed by atoms with Crippen molar-refractivity contribution in [2.24, 2.45) is 0 Å². The third kappa shape index (κ3) is 5.94. The van der Waals surface area contributed by atoms with Gasteiger partial charge in [0, 0.05) is 17.1 Å². The zero-order valence-corrected chi connectivity index (χ0v) is 19.7. The molecule has 5 heteroatoms. The molecular formula is C25H31BrN2O2. The molecule has 0 aliphatic heterocycles. The number of hydrogen-bond donors (Lipinski definition) is 1. The first-order chi connectivity index (χ1) is 14.3. The summed E-state index contributed by atoms with van der Waals surface area (Å²) in [6, 6.07) is 13.8. The van der Waals surface area contributed by atoms with Crippen LogP contribution in [0.5, 0.6) is 0 Å². The number of rotatable bonds is 7. The lowest BCUT2D eigenvalue weighted by Crippen LogP contribution is -2.50. The predicted molar refractivity (Wildman–Crippen MR) is 124 cm³/mol. The minimum atomic E-state index is -0.526. The molecule has 2 aromatic carbocycles. The Balaban J connectivity index is 1.80. The molecule has 1 saturated carbocycles. The molecule has 1 aliphatic rings. The van der Waals surface area contributed by atoms with Crippen molar-refractivity contribution in [2.45, 2.75) is 71.5 Å². The summed E-state index contributed by atoms with van der Waals surface area (Å²) >= 11 is 3.50. The fourth-order valence-electron chi connectivity index (χ4n) is 4.06. The van der Waals surface area contributed by atoms with Gasteiger partial charge in [-0.1, -0.05) is 64.7 Å². The third-order valence-corrected chi connectivity index (χ3v) is 6.45. The molecule has 0 aromatic heterocycles. The van der Waals surface area contributed by atoms with Crippen molar-refractivity contribution < 1.29 is 9.59 Å². The Bertz CT molecular complexity index is 906. The number of halogens is 1. The van der Waals surface area contributed by atoms with Crippen LogP contribution in [-0.4, -0.2) is 28.8 Å². The minimum Gasteiger partial charge on any atom is -0.352 e. The van der Waals surface area contributed by atoms with Crippen molar-refractivity contribution in [3.8, 4) is 0 Å². The van der Waals surface area contributed by atoms with Crippen LogP contribution in [0.15, 0.2) is 46.9 Å². The standard InChI is InChI=1S/C25H31BrN2O2/c1-17-11-12-18(2)21(13-17)15-24(29)28(16-20-7-6-8-22(26)14-20)19(3)25(30)27-23-9-4-5-10-23/h6-8,11-14,19,23H,4-5,9-10,15-16H2,1-3H3,(H,27,30)/t19-/m1/s1. The molecule has 2 aromatic rings. The van der Waals surface area contributed by atoms with Crippen molar-refractivity contribution in [3.63, 3.8) is 0 Å². The van der Waals surface area contributed by atoms with Gasteiger partial charge in [0.25, 0.3) is 0 Å². The molecule has 0 spiro atoms.